The van der Waals surface area contributed by atoms with Crippen molar-refractivity contribution in [1.29, 1.82) is 0 Å². The Bertz CT molecular complexity index is 857. The van der Waals surface area contributed by atoms with E-state index in [0.717, 1.165) is 22.3 Å². The van der Waals surface area contributed by atoms with Crippen LogP contribution in [0.4, 0.5) is 5.69 Å². The van der Waals surface area contributed by atoms with E-state index < -0.39 is 0 Å². The van der Waals surface area contributed by atoms with Gasteiger partial charge in [0, 0.05) is 17.3 Å². The van der Waals surface area contributed by atoms with Crippen LogP contribution in [-0.4, -0.2) is 10.5 Å². The Balaban J connectivity index is 2.10. The maximum Gasteiger partial charge on any atom is 0.247 e. The van der Waals surface area contributed by atoms with Gasteiger partial charge in [0.2, 0.25) is 5.91 Å². The quantitative estimate of drug-likeness (QED) is 0.685. The molecule has 0 spiro atoms. The highest BCUT2D eigenvalue weighted by Crippen LogP contribution is 2.29. The van der Waals surface area contributed by atoms with E-state index in [1.807, 2.05) is 24.4 Å². The molecule has 3 heteroatoms. The van der Waals surface area contributed by atoms with Crippen molar-refractivity contribution in [1.82, 2.24) is 4.57 Å². The van der Waals surface area contributed by atoms with E-state index in [1.165, 1.54) is 11.6 Å². The molecule has 23 heavy (non-hydrogen) atoms. The molecule has 0 saturated heterocycles. The lowest BCUT2D eigenvalue weighted by Gasteiger charge is -2.09. The lowest BCUT2D eigenvalue weighted by atomic mass is 10.0. The third kappa shape index (κ3) is 2.90. The molecule has 1 aromatic heterocycles. The molecule has 0 radical (unpaired) electrons. The van der Waals surface area contributed by atoms with Gasteiger partial charge < -0.3 is 9.88 Å². The van der Waals surface area contributed by atoms with Gasteiger partial charge in [0.1, 0.15) is 0 Å². The summed E-state index contributed by atoms with van der Waals surface area (Å²) in [5.41, 5.74) is 4.23. The molecule has 0 unspecified atom stereocenters. The number of anilines is 1. The number of rotatable bonds is 4. The zero-order valence-electron chi connectivity index (χ0n) is 13.4. The van der Waals surface area contributed by atoms with Gasteiger partial charge in [-0.25, -0.2) is 0 Å². The molecule has 116 valence electrons. The maximum atomic E-state index is 11.7. The average molecular weight is 304 g/mol. The number of nitrogens with one attached hydrogen (secondary N) is 1. The molecule has 1 heterocycles. The molecule has 1 amide bonds. The number of fused-ring (bicyclic) bond motifs is 1. The van der Waals surface area contributed by atoms with Crippen LogP contribution in [0.15, 0.2) is 67.4 Å². The van der Waals surface area contributed by atoms with Gasteiger partial charge in [-0.2, -0.15) is 0 Å². The summed E-state index contributed by atoms with van der Waals surface area (Å²) in [6.07, 6.45) is 3.24. The maximum absolute atomic E-state index is 11.7. The summed E-state index contributed by atoms with van der Waals surface area (Å²) in [5.74, 6) is 0.302. The summed E-state index contributed by atoms with van der Waals surface area (Å²) < 4.78 is 2.10. The molecular formula is C20H20N2O. The van der Waals surface area contributed by atoms with Crippen molar-refractivity contribution in [3.8, 4) is 5.69 Å². The van der Waals surface area contributed by atoms with Gasteiger partial charge in [0.25, 0.3) is 0 Å². The molecule has 0 atom stereocenters. The van der Waals surface area contributed by atoms with E-state index in [-0.39, 0.29) is 5.91 Å². The molecule has 0 bridgehead atoms. The van der Waals surface area contributed by atoms with E-state index in [2.05, 4.69) is 60.6 Å². The monoisotopic (exact) mass is 304 g/mol. The van der Waals surface area contributed by atoms with Gasteiger partial charge in [0.15, 0.2) is 0 Å². The van der Waals surface area contributed by atoms with E-state index >= 15 is 0 Å². The van der Waals surface area contributed by atoms with E-state index in [4.69, 9.17) is 0 Å². The lowest BCUT2D eigenvalue weighted by molar-refractivity contribution is -0.111. The standard InChI is InChI=1S/C20H20N2O/c1-4-20(23)21-18-13-22(19-8-6-5-7-17(18)19)16-11-9-15(10-12-16)14(2)3/h4-14H,1H2,2-3H3,(H,21,23). The summed E-state index contributed by atoms with van der Waals surface area (Å²) in [4.78, 5) is 11.7. The van der Waals surface area contributed by atoms with Crippen LogP contribution in [-0.2, 0) is 4.79 Å². The molecule has 0 aliphatic carbocycles. The molecule has 0 fully saturated rings. The predicted octanol–water partition coefficient (Wildman–Crippen LogP) is 4.88. The number of amides is 1. The largest absolute Gasteiger partial charge is 0.321 e. The van der Waals surface area contributed by atoms with Crippen molar-refractivity contribution in [3.63, 3.8) is 0 Å². The Labute approximate surface area is 136 Å². The van der Waals surface area contributed by atoms with Crippen LogP contribution < -0.4 is 5.32 Å². The molecule has 3 aromatic rings. The Kier molecular flexibility index (Phi) is 4.02. The fraction of sp³-hybridized carbons (Fsp3) is 0.150. The highest BCUT2D eigenvalue weighted by molar-refractivity contribution is 6.06. The van der Waals surface area contributed by atoms with Crippen LogP contribution >= 0.6 is 0 Å². The molecular weight excluding hydrogens is 284 g/mol. The van der Waals surface area contributed by atoms with Gasteiger partial charge in [-0.05, 0) is 35.8 Å². The third-order valence-electron chi connectivity index (χ3n) is 3.99. The van der Waals surface area contributed by atoms with Crippen LogP contribution in [0.1, 0.15) is 25.3 Å². The van der Waals surface area contributed by atoms with Crippen molar-refractivity contribution >= 4 is 22.5 Å². The van der Waals surface area contributed by atoms with Crippen LogP contribution in [0.25, 0.3) is 16.6 Å². The predicted molar refractivity (Wildman–Crippen MR) is 96.2 cm³/mol. The summed E-state index contributed by atoms with van der Waals surface area (Å²) >= 11 is 0. The minimum atomic E-state index is -0.206. The number of benzene rings is 2. The second-order valence-corrected chi connectivity index (χ2v) is 5.87. The van der Waals surface area contributed by atoms with Gasteiger partial charge in [-0.3, -0.25) is 4.79 Å². The summed E-state index contributed by atoms with van der Waals surface area (Å²) in [6.45, 7) is 7.88. The zero-order valence-corrected chi connectivity index (χ0v) is 13.4. The normalized spacial score (nSPS) is 10.9. The van der Waals surface area contributed by atoms with Crippen molar-refractivity contribution < 1.29 is 4.79 Å². The van der Waals surface area contributed by atoms with Gasteiger partial charge in [-0.1, -0.05) is 50.8 Å². The third-order valence-corrected chi connectivity index (χ3v) is 3.99. The molecule has 0 aliphatic rings. The number of aromatic nitrogens is 1. The highest BCUT2D eigenvalue weighted by atomic mass is 16.1. The van der Waals surface area contributed by atoms with Crippen molar-refractivity contribution in [2.45, 2.75) is 19.8 Å². The average Bonchev–Trinajstić information content (AvgIpc) is 2.93. The van der Waals surface area contributed by atoms with Crippen LogP contribution in [0.5, 0.6) is 0 Å². The Hall–Kier alpha value is -2.81. The van der Waals surface area contributed by atoms with Gasteiger partial charge in [-0.15, -0.1) is 0 Å². The minimum absolute atomic E-state index is 0.206. The number of carbonyl (C=O) groups excluding carboxylic acids is 1. The molecule has 0 aliphatic heterocycles. The lowest BCUT2D eigenvalue weighted by Crippen LogP contribution is -2.06. The zero-order chi connectivity index (χ0) is 16.4. The van der Waals surface area contributed by atoms with E-state index in [1.54, 1.807) is 0 Å². The van der Waals surface area contributed by atoms with Crippen LogP contribution in [0, 0.1) is 0 Å². The number of hydrogen-bond donors (Lipinski definition) is 1. The fourth-order valence-corrected chi connectivity index (χ4v) is 2.70. The summed E-state index contributed by atoms with van der Waals surface area (Å²) in [6, 6.07) is 16.6. The Morgan fingerprint density at radius 1 is 1.13 bits per heavy atom. The molecule has 2 aromatic carbocycles. The summed E-state index contributed by atoms with van der Waals surface area (Å²) in [5, 5.41) is 3.89. The van der Waals surface area contributed by atoms with Gasteiger partial charge >= 0.3 is 0 Å². The van der Waals surface area contributed by atoms with Crippen LogP contribution in [0.2, 0.25) is 0 Å². The first kappa shape index (κ1) is 15.1. The second kappa shape index (κ2) is 6.13. The first-order chi connectivity index (χ1) is 11.1. The minimum Gasteiger partial charge on any atom is -0.321 e. The first-order valence-corrected chi connectivity index (χ1v) is 7.74. The van der Waals surface area contributed by atoms with Crippen molar-refractivity contribution in [2.24, 2.45) is 0 Å². The Morgan fingerprint density at radius 3 is 2.48 bits per heavy atom. The SMILES string of the molecule is C=CC(=O)Nc1cn(-c2ccc(C(C)C)cc2)c2ccccc12. The fourth-order valence-electron chi connectivity index (χ4n) is 2.70. The second-order valence-electron chi connectivity index (χ2n) is 5.87. The topological polar surface area (TPSA) is 34.0 Å². The number of nitrogens with zero attached hydrogens (tertiary/aromatic N) is 1. The number of hydrogen-bond acceptors (Lipinski definition) is 1. The van der Waals surface area contributed by atoms with Crippen molar-refractivity contribution in [2.75, 3.05) is 5.32 Å². The summed E-state index contributed by atoms with van der Waals surface area (Å²) in [7, 11) is 0. The van der Waals surface area contributed by atoms with E-state index in [0.29, 0.717) is 5.92 Å². The molecule has 3 rings (SSSR count). The Morgan fingerprint density at radius 2 is 1.83 bits per heavy atom. The number of carbonyl (C=O) groups is 1. The number of para-hydroxylation sites is 1. The van der Waals surface area contributed by atoms with E-state index in [9.17, 15) is 4.79 Å². The van der Waals surface area contributed by atoms with Crippen LogP contribution in [0.3, 0.4) is 0 Å². The van der Waals surface area contributed by atoms with Gasteiger partial charge in [0.05, 0.1) is 11.2 Å². The first-order valence-electron chi connectivity index (χ1n) is 7.74. The molecule has 0 saturated carbocycles. The smallest absolute Gasteiger partial charge is 0.247 e. The van der Waals surface area contributed by atoms with Crippen molar-refractivity contribution in [3.05, 3.63) is 72.9 Å². The highest BCUT2D eigenvalue weighted by Gasteiger charge is 2.11. The molecule has 3 nitrogen and oxygen atoms in total. The molecule has 1 N–H and O–H groups in total.